The van der Waals surface area contributed by atoms with E-state index in [1.54, 1.807) is 30.3 Å². The Morgan fingerprint density at radius 2 is 2.21 bits per heavy atom. The Hall–Kier alpha value is -3.35. The van der Waals surface area contributed by atoms with Gasteiger partial charge >= 0.3 is 5.63 Å². The van der Waals surface area contributed by atoms with Crippen LogP contribution in [0.4, 0.5) is 0 Å². The van der Waals surface area contributed by atoms with E-state index in [1.807, 2.05) is 6.92 Å². The Labute approximate surface area is 136 Å². The molecule has 0 spiro atoms. The third-order valence-corrected chi connectivity index (χ3v) is 3.22. The first-order valence-electron chi connectivity index (χ1n) is 7.14. The van der Waals surface area contributed by atoms with Crippen molar-refractivity contribution in [1.29, 1.82) is 0 Å². The highest BCUT2D eigenvalue weighted by molar-refractivity contribution is 5.82. The highest BCUT2D eigenvalue weighted by Gasteiger charge is 2.06. The topological polar surface area (TPSA) is 94.0 Å². The van der Waals surface area contributed by atoms with Crippen LogP contribution >= 0.6 is 0 Å². The molecule has 1 aromatic carbocycles. The SMILES string of the molecule is Cc1cc(=O)oc2cc(OCC(=O)NN=Cc3ccco3)ccc12. The maximum Gasteiger partial charge on any atom is 0.336 e. The maximum atomic E-state index is 11.7. The maximum absolute atomic E-state index is 11.7. The van der Waals surface area contributed by atoms with Gasteiger partial charge in [-0.15, -0.1) is 0 Å². The lowest BCUT2D eigenvalue weighted by Crippen LogP contribution is -2.24. The number of hydrogen-bond donors (Lipinski definition) is 1. The zero-order valence-electron chi connectivity index (χ0n) is 12.8. The fraction of sp³-hybridized carbons (Fsp3) is 0.118. The van der Waals surface area contributed by atoms with Crippen LogP contribution in [0.25, 0.3) is 11.0 Å². The molecule has 0 saturated heterocycles. The molecule has 122 valence electrons. The number of aryl methyl sites for hydroxylation is 1. The number of benzene rings is 1. The van der Waals surface area contributed by atoms with Crippen molar-refractivity contribution in [3.8, 4) is 5.75 Å². The van der Waals surface area contributed by atoms with Gasteiger partial charge in [0.1, 0.15) is 17.1 Å². The molecule has 2 aromatic heterocycles. The molecule has 0 radical (unpaired) electrons. The van der Waals surface area contributed by atoms with E-state index in [9.17, 15) is 9.59 Å². The number of amides is 1. The molecule has 0 aliphatic rings. The molecular formula is C17H14N2O5. The van der Waals surface area contributed by atoms with Gasteiger partial charge in [-0.1, -0.05) is 0 Å². The molecule has 3 rings (SSSR count). The first-order valence-corrected chi connectivity index (χ1v) is 7.14. The Morgan fingerprint density at radius 1 is 1.33 bits per heavy atom. The van der Waals surface area contributed by atoms with Crippen LogP contribution in [0.3, 0.4) is 0 Å². The number of ether oxygens (including phenoxy) is 1. The highest BCUT2D eigenvalue weighted by Crippen LogP contribution is 2.22. The van der Waals surface area contributed by atoms with Gasteiger partial charge in [-0.25, -0.2) is 10.2 Å². The van der Waals surface area contributed by atoms with Crippen molar-refractivity contribution in [2.75, 3.05) is 6.61 Å². The molecule has 1 amide bonds. The van der Waals surface area contributed by atoms with Crippen molar-refractivity contribution in [2.24, 2.45) is 5.10 Å². The van der Waals surface area contributed by atoms with Crippen LogP contribution in [0.2, 0.25) is 0 Å². The molecule has 1 N–H and O–H groups in total. The van der Waals surface area contributed by atoms with Crippen LogP contribution in [0.5, 0.6) is 5.75 Å². The predicted octanol–water partition coefficient (Wildman–Crippen LogP) is 2.22. The molecule has 24 heavy (non-hydrogen) atoms. The van der Waals surface area contributed by atoms with E-state index in [2.05, 4.69) is 10.5 Å². The molecule has 0 bridgehead atoms. The summed E-state index contributed by atoms with van der Waals surface area (Å²) in [5.41, 5.74) is 3.12. The summed E-state index contributed by atoms with van der Waals surface area (Å²) in [5.74, 6) is 0.515. The largest absolute Gasteiger partial charge is 0.484 e. The summed E-state index contributed by atoms with van der Waals surface area (Å²) in [6.07, 6.45) is 2.89. The lowest BCUT2D eigenvalue weighted by molar-refractivity contribution is -0.123. The number of fused-ring (bicyclic) bond motifs is 1. The first kappa shape index (κ1) is 15.5. The normalized spacial score (nSPS) is 11.0. The van der Waals surface area contributed by atoms with Crippen LogP contribution in [0.15, 0.2) is 61.4 Å². The lowest BCUT2D eigenvalue weighted by atomic mass is 10.1. The standard InChI is InChI=1S/C17H14N2O5/c1-11-7-17(21)24-15-8-12(4-5-14(11)15)23-10-16(20)19-18-9-13-3-2-6-22-13/h2-9H,10H2,1H3,(H,19,20). The summed E-state index contributed by atoms with van der Waals surface area (Å²) >= 11 is 0. The number of hydrogen-bond acceptors (Lipinski definition) is 6. The van der Waals surface area contributed by atoms with Gasteiger partial charge in [-0.2, -0.15) is 5.10 Å². The summed E-state index contributed by atoms with van der Waals surface area (Å²) in [7, 11) is 0. The molecule has 0 unspecified atom stereocenters. The van der Waals surface area contributed by atoms with Crippen LogP contribution in [-0.2, 0) is 4.79 Å². The number of carbonyl (C=O) groups excluding carboxylic acids is 1. The highest BCUT2D eigenvalue weighted by atomic mass is 16.5. The second-order valence-electron chi connectivity index (χ2n) is 5.00. The van der Waals surface area contributed by atoms with E-state index < -0.39 is 11.5 Å². The second kappa shape index (κ2) is 6.82. The number of hydrazone groups is 1. The molecule has 7 heteroatoms. The quantitative estimate of drug-likeness (QED) is 0.441. The smallest absolute Gasteiger partial charge is 0.336 e. The summed E-state index contributed by atoms with van der Waals surface area (Å²) in [6.45, 7) is 1.60. The van der Waals surface area contributed by atoms with Crippen molar-refractivity contribution in [3.63, 3.8) is 0 Å². The van der Waals surface area contributed by atoms with Gasteiger partial charge in [-0.05, 0) is 36.8 Å². The molecule has 0 saturated carbocycles. The molecule has 2 heterocycles. The van der Waals surface area contributed by atoms with Gasteiger partial charge in [0.15, 0.2) is 6.61 Å². The van der Waals surface area contributed by atoms with E-state index >= 15 is 0 Å². The molecule has 7 nitrogen and oxygen atoms in total. The van der Waals surface area contributed by atoms with Crippen LogP contribution in [-0.4, -0.2) is 18.7 Å². The molecule has 3 aromatic rings. The molecule has 0 atom stereocenters. The Balaban J connectivity index is 1.61. The fourth-order valence-corrected chi connectivity index (χ4v) is 2.11. The minimum atomic E-state index is -0.429. The van der Waals surface area contributed by atoms with Gasteiger partial charge < -0.3 is 13.6 Å². The average Bonchev–Trinajstić information content (AvgIpc) is 3.05. The van der Waals surface area contributed by atoms with Crippen LogP contribution < -0.4 is 15.8 Å². The Morgan fingerprint density at radius 3 is 3.00 bits per heavy atom. The van der Waals surface area contributed by atoms with Gasteiger partial charge in [0.25, 0.3) is 5.91 Å². The van der Waals surface area contributed by atoms with Crippen LogP contribution in [0, 0.1) is 6.92 Å². The molecule has 0 aliphatic heterocycles. The van der Waals surface area contributed by atoms with Crippen molar-refractivity contribution in [2.45, 2.75) is 6.92 Å². The zero-order chi connectivity index (χ0) is 16.9. The van der Waals surface area contributed by atoms with Crippen molar-refractivity contribution in [3.05, 3.63) is 64.4 Å². The first-order chi connectivity index (χ1) is 11.6. The van der Waals surface area contributed by atoms with Crippen LogP contribution in [0.1, 0.15) is 11.3 Å². The fourth-order valence-electron chi connectivity index (χ4n) is 2.11. The summed E-state index contributed by atoms with van der Waals surface area (Å²) in [6, 6.07) is 9.89. The number of rotatable bonds is 5. The lowest BCUT2D eigenvalue weighted by Gasteiger charge is -2.06. The van der Waals surface area contributed by atoms with Gasteiger partial charge in [0.05, 0.1) is 12.5 Å². The third-order valence-electron chi connectivity index (χ3n) is 3.22. The van der Waals surface area contributed by atoms with E-state index in [1.165, 1.54) is 18.5 Å². The van der Waals surface area contributed by atoms with Crippen molar-refractivity contribution in [1.82, 2.24) is 5.43 Å². The minimum Gasteiger partial charge on any atom is -0.484 e. The number of nitrogens with zero attached hydrogens (tertiary/aromatic N) is 1. The minimum absolute atomic E-state index is 0.225. The Bertz CT molecular complexity index is 941. The van der Waals surface area contributed by atoms with Gasteiger partial charge in [0.2, 0.25) is 0 Å². The number of furan rings is 1. The number of nitrogens with one attached hydrogen (secondary N) is 1. The summed E-state index contributed by atoms with van der Waals surface area (Å²) < 4.78 is 15.5. The van der Waals surface area contributed by atoms with Crippen molar-refractivity contribution < 1.29 is 18.4 Å². The second-order valence-corrected chi connectivity index (χ2v) is 5.00. The van der Waals surface area contributed by atoms with E-state index in [0.717, 1.165) is 10.9 Å². The Kier molecular flexibility index (Phi) is 4.42. The predicted molar refractivity (Wildman–Crippen MR) is 87.2 cm³/mol. The van der Waals surface area contributed by atoms with E-state index in [0.29, 0.717) is 17.1 Å². The zero-order valence-corrected chi connectivity index (χ0v) is 12.8. The van der Waals surface area contributed by atoms with E-state index in [4.69, 9.17) is 13.6 Å². The molecule has 0 fully saturated rings. The monoisotopic (exact) mass is 326 g/mol. The van der Waals surface area contributed by atoms with Gasteiger partial charge in [0, 0.05) is 17.5 Å². The average molecular weight is 326 g/mol. The summed E-state index contributed by atoms with van der Waals surface area (Å²) in [5, 5.41) is 4.56. The third kappa shape index (κ3) is 3.70. The van der Waals surface area contributed by atoms with Crippen molar-refractivity contribution >= 4 is 23.1 Å². The number of carbonyl (C=O) groups is 1. The van der Waals surface area contributed by atoms with Gasteiger partial charge in [-0.3, -0.25) is 4.79 Å². The molecular weight excluding hydrogens is 312 g/mol. The molecule has 0 aliphatic carbocycles. The summed E-state index contributed by atoms with van der Waals surface area (Å²) in [4.78, 5) is 23.1. The van der Waals surface area contributed by atoms with E-state index in [-0.39, 0.29) is 6.61 Å².